The van der Waals surface area contributed by atoms with Crippen LogP contribution in [-0.2, 0) is 0 Å². The Kier molecular flexibility index (Phi) is 3.49. The average molecular weight is 303 g/mol. The summed E-state index contributed by atoms with van der Waals surface area (Å²) in [4.78, 5) is 21.1. The number of methoxy groups -OCH3 is 1. The highest BCUT2D eigenvalue weighted by molar-refractivity contribution is 7.21. The molecule has 0 unspecified atom stereocenters. The minimum atomic E-state index is -0.460. The standard InChI is InChI=1S/C14H10FN3O2S/c1-20-10-6-11-13(16-7-10)21-14(17-11)18-12(19)8-3-2-4-9(15)5-8/h2-7H,1H3,(H,17,18,19). The molecule has 0 aliphatic rings. The molecule has 1 N–H and O–H groups in total. The summed E-state index contributed by atoms with van der Waals surface area (Å²) in [6.07, 6.45) is 1.58. The van der Waals surface area contributed by atoms with E-state index in [9.17, 15) is 9.18 Å². The van der Waals surface area contributed by atoms with Gasteiger partial charge in [0.1, 0.15) is 21.9 Å². The lowest BCUT2D eigenvalue weighted by Gasteiger charge is -2.00. The number of benzene rings is 1. The van der Waals surface area contributed by atoms with Crippen LogP contribution < -0.4 is 10.1 Å². The van der Waals surface area contributed by atoms with Crippen LogP contribution in [0.4, 0.5) is 9.52 Å². The maximum atomic E-state index is 13.1. The van der Waals surface area contributed by atoms with Gasteiger partial charge in [-0.25, -0.2) is 14.4 Å². The Labute approximate surface area is 123 Å². The van der Waals surface area contributed by atoms with Crippen molar-refractivity contribution in [3.05, 3.63) is 47.9 Å². The molecular weight excluding hydrogens is 293 g/mol. The third-order valence-corrected chi connectivity index (χ3v) is 3.66. The van der Waals surface area contributed by atoms with E-state index in [2.05, 4.69) is 15.3 Å². The van der Waals surface area contributed by atoms with Crippen molar-refractivity contribution < 1.29 is 13.9 Å². The lowest BCUT2D eigenvalue weighted by atomic mass is 10.2. The van der Waals surface area contributed by atoms with E-state index in [1.807, 2.05) is 0 Å². The van der Waals surface area contributed by atoms with E-state index in [0.717, 1.165) is 0 Å². The van der Waals surface area contributed by atoms with Gasteiger partial charge in [-0.2, -0.15) is 0 Å². The number of rotatable bonds is 3. The number of halogens is 1. The summed E-state index contributed by atoms with van der Waals surface area (Å²) in [6.45, 7) is 0. The molecule has 0 aliphatic carbocycles. The van der Waals surface area contributed by atoms with Crippen LogP contribution in [0.3, 0.4) is 0 Å². The molecule has 0 bridgehead atoms. The first-order chi connectivity index (χ1) is 10.2. The van der Waals surface area contributed by atoms with Gasteiger partial charge in [-0.15, -0.1) is 0 Å². The number of amides is 1. The summed E-state index contributed by atoms with van der Waals surface area (Å²) in [6, 6.07) is 7.20. The molecule has 2 aromatic heterocycles. The third-order valence-electron chi connectivity index (χ3n) is 2.77. The number of fused-ring (bicyclic) bond motifs is 1. The number of nitrogens with one attached hydrogen (secondary N) is 1. The van der Waals surface area contributed by atoms with E-state index in [1.165, 1.54) is 35.6 Å². The normalized spacial score (nSPS) is 10.6. The molecule has 3 aromatic rings. The molecule has 1 aromatic carbocycles. The molecule has 106 valence electrons. The first-order valence-electron chi connectivity index (χ1n) is 6.03. The third kappa shape index (κ3) is 2.82. The summed E-state index contributed by atoms with van der Waals surface area (Å²) in [7, 11) is 1.54. The van der Waals surface area contributed by atoms with Crippen LogP contribution in [-0.4, -0.2) is 23.0 Å². The van der Waals surface area contributed by atoms with E-state index < -0.39 is 11.7 Å². The van der Waals surface area contributed by atoms with Gasteiger partial charge in [-0.3, -0.25) is 10.1 Å². The molecule has 7 heteroatoms. The number of carbonyl (C=O) groups excluding carboxylic acids is 1. The van der Waals surface area contributed by atoms with Crippen LogP contribution in [0.5, 0.6) is 5.75 Å². The van der Waals surface area contributed by atoms with Crippen molar-refractivity contribution >= 4 is 32.7 Å². The van der Waals surface area contributed by atoms with Gasteiger partial charge < -0.3 is 4.74 Å². The van der Waals surface area contributed by atoms with Gasteiger partial charge in [0, 0.05) is 11.6 Å². The molecule has 0 atom stereocenters. The van der Waals surface area contributed by atoms with E-state index in [4.69, 9.17) is 4.74 Å². The highest BCUT2D eigenvalue weighted by Crippen LogP contribution is 2.26. The van der Waals surface area contributed by atoms with Crippen LogP contribution in [0, 0.1) is 5.82 Å². The van der Waals surface area contributed by atoms with Crippen LogP contribution in [0.2, 0.25) is 0 Å². The summed E-state index contributed by atoms with van der Waals surface area (Å²) >= 11 is 1.24. The van der Waals surface area contributed by atoms with Crippen molar-refractivity contribution in [2.24, 2.45) is 0 Å². The Morgan fingerprint density at radius 2 is 2.24 bits per heavy atom. The summed E-state index contributed by atoms with van der Waals surface area (Å²) in [5.41, 5.74) is 0.869. The fraction of sp³-hybridized carbons (Fsp3) is 0.0714. The molecule has 0 saturated heterocycles. The second-order valence-electron chi connectivity index (χ2n) is 4.18. The lowest BCUT2D eigenvalue weighted by molar-refractivity contribution is 0.102. The van der Waals surface area contributed by atoms with Gasteiger partial charge in [-0.05, 0) is 18.2 Å². The maximum absolute atomic E-state index is 13.1. The Hall–Kier alpha value is -2.54. The number of anilines is 1. The predicted molar refractivity (Wildman–Crippen MR) is 78.3 cm³/mol. The molecule has 1 amide bonds. The fourth-order valence-electron chi connectivity index (χ4n) is 1.77. The zero-order chi connectivity index (χ0) is 14.8. The van der Waals surface area contributed by atoms with E-state index in [-0.39, 0.29) is 5.56 Å². The zero-order valence-electron chi connectivity index (χ0n) is 11.0. The molecule has 0 saturated carbocycles. The van der Waals surface area contributed by atoms with Gasteiger partial charge in [0.2, 0.25) is 0 Å². The molecule has 0 aliphatic heterocycles. The number of hydrogen-bond acceptors (Lipinski definition) is 5. The van der Waals surface area contributed by atoms with Crippen molar-refractivity contribution in [1.82, 2.24) is 9.97 Å². The quantitative estimate of drug-likeness (QED) is 0.807. The summed E-state index contributed by atoms with van der Waals surface area (Å²) in [5, 5.41) is 3.04. The van der Waals surface area contributed by atoms with Gasteiger partial charge in [-0.1, -0.05) is 17.4 Å². The Morgan fingerprint density at radius 3 is 3.00 bits per heavy atom. The molecule has 21 heavy (non-hydrogen) atoms. The molecule has 2 heterocycles. The summed E-state index contributed by atoms with van der Waals surface area (Å²) < 4.78 is 18.2. The van der Waals surface area contributed by atoms with E-state index >= 15 is 0 Å². The van der Waals surface area contributed by atoms with Crippen molar-refractivity contribution in [3.8, 4) is 5.75 Å². The predicted octanol–water partition coefficient (Wildman–Crippen LogP) is 3.09. The number of pyridine rings is 1. The average Bonchev–Trinajstić information content (AvgIpc) is 2.88. The number of carbonyl (C=O) groups is 1. The minimum absolute atomic E-state index is 0.236. The highest BCUT2D eigenvalue weighted by atomic mass is 32.1. The fourth-order valence-corrected chi connectivity index (χ4v) is 2.55. The Bertz CT molecular complexity index is 819. The van der Waals surface area contributed by atoms with E-state index in [1.54, 1.807) is 19.4 Å². The molecule has 3 rings (SSSR count). The Morgan fingerprint density at radius 1 is 1.38 bits per heavy atom. The molecular formula is C14H10FN3O2S. The highest BCUT2D eigenvalue weighted by Gasteiger charge is 2.11. The van der Waals surface area contributed by atoms with Gasteiger partial charge in [0.15, 0.2) is 5.13 Å². The van der Waals surface area contributed by atoms with Crippen molar-refractivity contribution in [3.63, 3.8) is 0 Å². The number of ether oxygens (including phenoxy) is 1. The number of nitrogens with zero attached hydrogens (tertiary/aromatic N) is 2. The molecule has 0 spiro atoms. The minimum Gasteiger partial charge on any atom is -0.495 e. The number of hydrogen-bond donors (Lipinski definition) is 1. The number of aromatic nitrogens is 2. The second-order valence-corrected chi connectivity index (χ2v) is 5.16. The van der Waals surface area contributed by atoms with E-state index in [0.29, 0.717) is 21.2 Å². The van der Waals surface area contributed by atoms with Crippen LogP contribution >= 0.6 is 11.3 Å². The van der Waals surface area contributed by atoms with Crippen LogP contribution in [0.25, 0.3) is 10.3 Å². The van der Waals surface area contributed by atoms with Crippen LogP contribution in [0.1, 0.15) is 10.4 Å². The van der Waals surface area contributed by atoms with Gasteiger partial charge >= 0.3 is 0 Å². The lowest BCUT2D eigenvalue weighted by Crippen LogP contribution is -2.11. The largest absolute Gasteiger partial charge is 0.495 e. The first kappa shape index (κ1) is 13.4. The maximum Gasteiger partial charge on any atom is 0.257 e. The Balaban J connectivity index is 1.86. The molecule has 5 nitrogen and oxygen atoms in total. The molecule has 0 radical (unpaired) electrons. The monoisotopic (exact) mass is 303 g/mol. The summed E-state index contributed by atoms with van der Waals surface area (Å²) in [5.74, 6) is -0.283. The zero-order valence-corrected chi connectivity index (χ0v) is 11.8. The van der Waals surface area contributed by atoms with Crippen molar-refractivity contribution in [2.45, 2.75) is 0 Å². The smallest absolute Gasteiger partial charge is 0.257 e. The van der Waals surface area contributed by atoms with Gasteiger partial charge in [0.05, 0.1) is 13.3 Å². The van der Waals surface area contributed by atoms with Crippen LogP contribution in [0.15, 0.2) is 36.5 Å². The van der Waals surface area contributed by atoms with Crippen molar-refractivity contribution in [2.75, 3.05) is 12.4 Å². The van der Waals surface area contributed by atoms with Crippen molar-refractivity contribution in [1.29, 1.82) is 0 Å². The molecule has 0 fully saturated rings. The second kappa shape index (κ2) is 5.45. The topological polar surface area (TPSA) is 64.1 Å². The first-order valence-corrected chi connectivity index (χ1v) is 6.85. The number of thiazole rings is 1. The van der Waals surface area contributed by atoms with Gasteiger partial charge in [0.25, 0.3) is 5.91 Å². The SMILES string of the molecule is COc1cnc2sc(NC(=O)c3cccc(F)c3)nc2c1.